The van der Waals surface area contributed by atoms with Gasteiger partial charge in [-0.1, -0.05) is 65.6 Å². The predicted octanol–water partition coefficient (Wildman–Crippen LogP) is 5.07. The van der Waals surface area contributed by atoms with E-state index in [1.54, 1.807) is 48.5 Å². The van der Waals surface area contributed by atoms with Gasteiger partial charge in [0.2, 0.25) is 17.7 Å². The first-order chi connectivity index (χ1) is 20.0. The number of nitrogens with one attached hydrogen (secondary N) is 1. The Morgan fingerprint density at radius 1 is 0.929 bits per heavy atom. The van der Waals surface area contributed by atoms with Gasteiger partial charge < -0.3 is 10.4 Å². The van der Waals surface area contributed by atoms with Crippen molar-refractivity contribution < 1.29 is 32.7 Å². The lowest BCUT2D eigenvalue weighted by Gasteiger charge is -2.31. The van der Waals surface area contributed by atoms with Gasteiger partial charge in [-0.3, -0.25) is 23.7 Å². The number of para-hydroxylation sites is 2. The molecule has 2 aliphatic heterocycles. The zero-order chi connectivity index (χ0) is 29.8. The topological polar surface area (TPSA) is 109 Å². The molecule has 0 spiro atoms. The number of rotatable bonds is 5. The Morgan fingerprint density at radius 2 is 1.64 bits per heavy atom. The fourth-order valence-electron chi connectivity index (χ4n) is 5.28. The van der Waals surface area contributed by atoms with E-state index in [-0.39, 0.29) is 28.6 Å². The molecule has 3 atom stereocenters. The Balaban J connectivity index is 1.43. The number of amides is 3. The lowest BCUT2D eigenvalue weighted by molar-refractivity contribution is -0.137. The van der Waals surface area contributed by atoms with Crippen molar-refractivity contribution >= 4 is 52.2 Å². The summed E-state index contributed by atoms with van der Waals surface area (Å²) in [4.78, 5) is 54.3. The highest BCUT2D eigenvalue weighted by Crippen LogP contribution is 2.55. The number of carbonyl (C=O) groups excluding carboxylic acids is 3. The number of aromatic nitrogens is 1. The predicted molar refractivity (Wildman–Crippen MR) is 151 cm³/mol. The molecule has 1 saturated heterocycles. The van der Waals surface area contributed by atoms with E-state index < -0.39 is 51.4 Å². The van der Waals surface area contributed by atoms with E-state index >= 15 is 0 Å². The first-order valence-electron chi connectivity index (χ1n) is 12.6. The van der Waals surface area contributed by atoms with Crippen LogP contribution in [-0.4, -0.2) is 32.6 Å². The molecule has 3 aromatic carbocycles. The summed E-state index contributed by atoms with van der Waals surface area (Å²) in [7, 11) is 0. The van der Waals surface area contributed by atoms with Crippen LogP contribution in [0.4, 0.5) is 24.5 Å². The van der Waals surface area contributed by atoms with Crippen LogP contribution in [0.3, 0.4) is 0 Å². The lowest BCUT2D eigenvalue weighted by Crippen LogP contribution is -2.33. The first-order valence-corrected chi connectivity index (χ1v) is 14.3. The van der Waals surface area contributed by atoms with Crippen molar-refractivity contribution in [1.29, 1.82) is 0 Å². The molecule has 2 N–H and O–H groups in total. The number of nitrogens with zero attached hydrogens (tertiary/aromatic N) is 2. The van der Waals surface area contributed by atoms with Gasteiger partial charge in [0.1, 0.15) is 17.5 Å². The molecular weight excluding hydrogens is 591 g/mol. The van der Waals surface area contributed by atoms with Crippen LogP contribution in [-0.2, 0) is 27.1 Å². The number of benzene rings is 3. The number of hydrogen-bond acceptors (Lipinski definition) is 7. The molecule has 3 amide bonds. The highest BCUT2D eigenvalue weighted by molar-refractivity contribution is 8.00. The number of aromatic hydroxyl groups is 1. The highest BCUT2D eigenvalue weighted by atomic mass is 32.2. The molecule has 8 nitrogen and oxygen atoms in total. The van der Waals surface area contributed by atoms with E-state index in [0.29, 0.717) is 10.6 Å². The molecular formula is C29H20F3N3O5S2. The molecule has 6 rings (SSSR count). The minimum atomic E-state index is -4.69. The van der Waals surface area contributed by atoms with E-state index in [9.17, 15) is 37.5 Å². The van der Waals surface area contributed by atoms with Crippen LogP contribution in [0.25, 0.3) is 0 Å². The molecule has 42 heavy (non-hydrogen) atoms. The van der Waals surface area contributed by atoms with Crippen LogP contribution in [0.15, 0.2) is 88.7 Å². The number of hydrogen-bond donors (Lipinski definition) is 2. The maximum Gasteiger partial charge on any atom is 0.416 e. The third-order valence-electron chi connectivity index (χ3n) is 7.11. The summed E-state index contributed by atoms with van der Waals surface area (Å²) in [5.74, 6) is -4.25. The summed E-state index contributed by atoms with van der Waals surface area (Å²) in [5, 5.41) is 12.6. The molecule has 0 bridgehead atoms. The van der Waals surface area contributed by atoms with Crippen LogP contribution in [0, 0.1) is 5.92 Å². The van der Waals surface area contributed by atoms with Crippen LogP contribution < -0.4 is 15.1 Å². The quantitative estimate of drug-likeness (QED) is 0.305. The summed E-state index contributed by atoms with van der Waals surface area (Å²) in [6, 6.07) is 18.8. The molecule has 214 valence electrons. The van der Waals surface area contributed by atoms with E-state index in [1.165, 1.54) is 16.7 Å². The molecule has 0 unspecified atom stereocenters. The van der Waals surface area contributed by atoms with Gasteiger partial charge in [-0.25, -0.2) is 4.90 Å². The standard InChI is InChI=1S/C29H20F3N3O5S2/c30-29(31,32)15-7-6-10-17(13-15)35-25(38)22-21(18-11-4-5-12-19(18)36)24-27(41-23(22)26(35)39)34(28(40)42-24)14-20(37)33-16-8-2-1-3-9-16/h1-13,21-23,36H,14H2,(H,33,37)/t21-,22+,23-/m0/s1. The molecule has 2 aliphatic rings. The monoisotopic (exact) mass is 611 g/mol. The largest absolute Gasteiger partial charge is 0.508 e. The minimum Gasteiger partial charge on any atom is -0.508 e. The number of halogens is 3. The maximum atomic E-state index is 13.9. The van der Waals surface area contributed by atoms with E-state index in [2.05, 4.69) is 5.32 Å². The van der Waals surface area contributed by atoms with E-state index in [0.717, 1.165) is 46.2 Å². The Bertz CT molecular complexity index is 1790. The summed E-state index contributed by atoms with van der Waals surface area (Å²) < 4.78 is 41.6. The zero-order valence-corrected chi connectivity index (χ0v) is 23.0. The second-order valence-electron chi connectivity index (χ2n) is 9.70. The summed E-state index contributed by atoms with van der Waals surface area (Å²) >= 11 is 1.72. The SMILES string of the molecule is O=C(Cn1c2c(sc1=O)[C@@H](c1ccccc1O)[C@H]1C(=O)N(c3cccc(C(F)(F)F)c3)C(=O)[C@H]1S2)Nc1ccccc1. The molecule has 1 fully saturated rings. The average Bonchev–Trinajstić information content (AvgIpc) is 3.40. The number of phenols is 1. The third kappa shape index (κ3) is 4.77. The summed E-state index contributed by atoms with van der Waals surface area (Å²) in [5.41, 5.74) is -0.442. The van der Waals surface area contributed by atoms with Crippen molar-refractivity contribution in [2.45, 2.75) is 28.9 Å². The Morgan fingerprint density at radius 3 is 2.36 bits per heavy atom. The number of thioether (sulfide) groups is 1. The second kappa shape index (κ2) is 10.5. The fraction of sp³-hybridized carbons (Fsp3) is 0.172. The van der Waals surface area contributed by atoms with Crippen molar-refractivity contribution in [3.05, 3.63) is 105 Å². The summed E-state index contributed by atoms with van der Waals surface area (Å²) in [6.45, 7) is -0.378. The van der Waals surface area contributed by atoms with Gasteiger partial charge in [-0.15, -0.1) is 0 Å². The zero-order valence-electron chi connectivity index (χ0n) is 21.4. The third-order valence-corrected chi connectivity index (χ3v) is 9.72. The molecule has 0 radical (unpaired) electrons. The van der Waals surface area contributed by atoms with Crippen molar-refractivity contribution in [3.63, 3.8) is 0 Å². The van der Waals surface area contributed by atoms with Crippen LogP contribution in [0.5, 0.6) is 5.75 Å². The lowest BCUT2D eigenvalue weighted by atomic mass is 9.82. The number of carbonyl (C=O) groups is 3. The molecule has 0 saturated carbocycles. The normalized spacial score (nSPS) is 19.9. The minimum absolute atomic E-state index is 0.175. The molecule has 13 heteroatoms. The van der Waals surface area contributed by atoms with Gasteiger partial charge in [0.25, 0.3) is 0 Å². The highest BCUT2D eigenvalue weighted by Gasteiger charge is 2.57. The van der Waals surface area contributed by atoms with Gasteiger partial charge in [-0.05, 0) is 36.4 Å². The Hall–Kier alpha value is -4.36. The average molecular weight is 612 g/mol. The number of phenolic OH excluding ortho intramolecular Hbond substituents is 1. The van der Waals surface area contributed by atoms with E-state index in [4.69, 9.17) is 0 Å². The maximum absolute atomic E-state index is 13.9. The smallest absolute Gasteiger partial charge is 0.416 e. The van der Waals surface area contributed by atoms with Crippen molar-refractivity contribution in [2.75, 3.05) is 10.2 Å². The molecule has 4 aromatic rings. The van der Waals surface area contributed by atoms with Crippen LogP contribution >= 0.6 is 23.1 Å². The molecule has 1 aromatic heterocycles. The number of anilines is 2. The molecule has 3 heterocycles. The van der Waals surface area contributed by atoms with Crippen molar-refractivity contribution in [1.82, 2.24) is 4.57 Å². The van der Waals surface area contributed by atoms with E-state index in [1.807, 2.05) is 0 Å². The van der Waals surface area contributed by atoms with Crippen LogP contribution in [0.2, 0.25) is 0 Å². The summed E-state index contributed by atoms with van der Waals surface area (Å²) in [6.07, 6.45) is -4.69. The van der Waals surface area contributed by atoms with Gasteiger partial charge in [-0.2, -0.15) is 13.2 Å². The van der Waals surface area contributed by atoms with Gasteiger partial charge in [0.05, 0.1) is 22.2 Å². The Labute approximate surface area is 244 Å². The second-order valence-corrected chi connectivity index (χ2v) is 11.8. The Kier molecular flexibility index (Phi) is 6.93. The number of thiazole rings is 1. The van der Waals surface area contributed by atoms with Gasteiger partial charge in [0.15, 0.2) is 0 Å². The number of fused-ring (bicyclic) bond motifs is 2. The molecule has 0 aliphatic carbocycles. The van der Waals surface area contributed by atoms with Gasteiger partial charge >= 0.3 is 11.0 Å². The van der Waals surface area contributed by atoms with Crippen molar-refractivity contribution in [2.24, 2.45) is 5.92 Å². The number of alkyl halides is 3. The van der Waals surface area contributed by atoms with Crippen LogP contribution in [0.1, 0.15) is 21.9 Å². The fourth-order valence-corrected chi connectivity index (χ4v) is 8.05. The van der Waals surface area contributed by atoms with Crippen molar-refractivity contribution in [3.8, 4) is 5.75 Å². The number of imide groups is 1. The van der Waals surface area contributed by atoms with Gasteiger partial charge in [0, 0.05) is 22.0 Å². The first kappa shape index (κ1) is 27.8.